The van der Waals surface area contributed by atoms with Gasteiger partial charge in [0, 0.05) is 24.2 Å². The van der Waals surface area contributed by atoms with Crippen LogP contribution in [0.25, 0.3) is 22.0 Å². The number of hydrogen-bond acceptors (Lipinski definition) is 5. The first-order valence-corrected chi connectivity index (χ1v) is 13.0. The van der Waals surface area contributed by atoms with Crippen LogP contribution in [0.4, 0.5) is 22.0 Å². The highest BCUT2D eigenvalue weighted by molar-refractivity contribution is 6.06. The molecule has 0 aliphatic heterocycles. The Morgan fingerprint density at radius 2 is 1.56 bits per heavy atom. The van der Waals surface area contributed by atoms with Crippen molar-refractivity contribution in [2.45, 2.75) is 51.9 Å². The minimum absolute atomic E-state index is 0.0934. The molecule has 0 spiro atoms. The van der Waals surface area contributed by atoms with Crippen molar-refractivity contribution in [3.63, 3.8) is 0 Å². The van der Waals surface area contributed by atoms with E-state index in [1.165, 1.54) is 4.68 Å². The lowest BCUT2D eigenvalue weighted by Gasteiger charge is -2.12. The predicted molar refractivity (Wildman–Crippen MR) is 154 cm³/mol. The number of rotatable bonds is 10. The number of carboxylic acids is 1. The summed E-state index contributed by atoms with van der Waals surface area (Å²) in [5.41, 5.74) is 10.9. The van der Waals surface area contributed by atoms with Crippen LogP contribution in [-0.4, -0.2) is 32.8 Å². The summed E-state index contributed by atoms with van der Waals surface area (Å²) in [5, 5.41) is 19.5. The molecule has 0 aliphatic rings. The topological polar surface area (TPSA) is 139 Å². The van der Waals surface area contributed by atoms with Crippen LogP contribution in [-0.2, 0) is 4.79 Å². The minimum Gasteiger partial charge on any atom is -0.481 e. The number of amides is 2. The molecule has 0 bridgehead atoms. The van der Waals surface area contributed by atoms with E-state index in [-0.39, 0.29) is 30.6 Å². The number of urea groups is 1. The van der Waals surface area contributed by atoms with Crippen molar-refractivity contribution >= 4 is 46.0 Å². The number of nitrogens with one attached hydrogen (secondary N) is 2. The van der Waals surface area contributed by atoms with Gasteiger partial charge in [0.25, 0.3) is 0 Å². The molecular weight excluding hydrogens is 494 g/mol. The quantitative estimate of drug-likeness (QED) is 0.169. The number of benzene rings is 3. The molecule has 0 saturated heterocycles. The zero-order chi connectivity index (χ0) is 27.9. The molecular formula is C30H33N5O4. The lowest BCUT2D eigenvalue weighted by molar-refractivity contribution is -0.137. The number of hydrogen-bond donors (Lipinski definition) is 4. The number of carbonyl (C=O) groups is 3. The average Bonchev–Trinajstić information content (AvgIpc) is 3.25. The van der Waals surface area contributed by atoms with Gasteiger partial charge >= 0.3 is 12.0 Å². The van der Waals surface area contributed by atoms with Crippen molar-refractivity contribution < 1.29 is 19.5 Å². The predicted octanol–water partition coefficient (Wildman–Crippen LogP) is 6.73. The van der Waals surface area contributed by atoms with E-state index >= 15 is 0 Å². The minimum atomic E-state index is -0.837. The highest BCUT2D eigenvalue weighted by Gasteiger charge is 2.18. The zero-order valence-corrected chi connectivity index (χ0v) is 22.1. The van der Waals surface area contributed by atoms with Crippen molar-refractivity contribution in [2.24, 2.45) is 0 Å². The second kappa shape index (κ2) is 12.3. The van der Waals surface area contributed by atoms with E-state index in [9.17, 15) is 14.4 Å². The number of nitrogens with zero attached hydrogens (tertiary/aromatic N) is 2. The van der Waals surface area contributed by atoms with Gasteiger partial charge in [0.1, 0.15) is 0 Å². The van der Waals surface area contributed by atoms with Crippen molar-refractivity contribution in [1.82, 2.24) is 9.78 Å². The van der Waals surface area contributed by atoms with Crippen molar-refractivity contribution in [1.29, 1.82) is 0 Å². The summed E-state index contributed by atoms with van der Waals surface area (Å²) in [6.45, 7) is 4.20. The molecule has 1 heterocycles. The Morgan fingerprint density at radius 1 is 0.897 bits per heavy atom. The van der Waals surface area contributed by atoms with Gasteiger partial charge in [-0.3, -0.25) is 9.59 Å². The number of carbonyl (C=O) groups excluding carboxylic acids is 2. The fourth-order valence-electron chi connectivity index (χ4n) is 4.50. The molecule has 202 valence electrons. The van der Waals surface area contributed by atoms with Gasteiger partial charge < -0.3 is 21.5 Å². The Morgan fingerprint density at radius 3 is 2.28 bits per heavy atom. The molecule has 9 nitrogen and oxygen atoms in total. The Balaban J connectivity index is 1.50. The highest BCUT2D eigenvalue weighted by Crippen LogP contribution is 2.34. The molecule has 4 aromatic rings. The Labute approximate surface area is 227 Å². The van der Waals surface area contributed by atoms with E-state index < -0.39 is 5.97 Å². The first-order valence-electron chi connectivity index (χ1n) is 13.0. The van der Waals surface area contributed by atoms with E-state index in [1.54, 1.807) is 12.1 Å². The fourth-order valence-corrected chi connectivity index (χ4v) is 4.50. The van der Waals surface area contributed by atoms with Gasteiger partial charge in [-0.2, -0.15) is 4.68 Å². The summed E-state index contributed by atoms with van der Waals surface area (Å²) in [6.07, 6.45) is 2.09. The smallest absolute Gasteiger partial charge is 0.323 e. The van der Waals surface area contributed by atoms with Gasteiger partial charge in [-0.1, -0.05) is 56.7 Å². The molecule has 0 unspecified atom stereocenters. The van der Waals surface area contributed by atoms with E-state index in [0.717, 1.165) is 16.7 Å². The number of nitrogen functional groups attached to an aromatic ring is 1. The number of aliphatic carboxylic acids is 1. The van der Waals surface area contributed by atoms with Gasteiger partial charge in [-0.25, -0.2) is 4.79 Å². The zero-order valence-electron chi connectivity index (χ0n) is 22.1. The molecule has 0 aliphatic carbocycles. The van der Waals surface area contributed by atoms with Crippen LogP contribution < -0.4 is 16.4 Å². The highest BCUT2D eigenvalue weighted by atomic mass is 16.4. The van der Waals surface area contributed by atoms with Crippen molar-refractivity contribution in [2.75, 3.05) is 16.4 Å². The Kier molecular flexibility index (Phi) is 8.60. The van der Waals surface area contributed by atoms with Crippen molar-refractivity contribution in [3.05, 3.63) is 72.3 Å². The largest absolute Gasteiger partial charge is 0.481 e. The molecule has 0 atom stereocenters. The molecule has 0 fully saturated rings. The van der Waals surface area contributed by atoms with Gasteiger partial charge in [0.15, 0.2) is 5.82 Å². The van der Waals surface area contributed by atoms with E-state index in [1.807, 2.05) is 54.6 Å². The van der Waals surface area contributed by atoms with Gasteiger partial charge in [-0.05, 0) is 65.8 Å². The second-order valence-electron chi connectivity index (χ2n) is 9.78. The standard InChI is InChI=1S/C30H33N5O4/c1-19(2)20-9-6-11-22(17-20)32-30(39)33-23-12-7-10-21(18-23)24-13-8-14-25-28(24)29(31)34-35(25)26(36)15-4-3-5-16-27(37)38/h6-14,17-19H,3-5,15-16H2,1-2H3,(H2,31,34)(H,37,38)(H2,32,33,39). The molecule has 3 aromatic carbocycles. The van der Waals surface area contributed by atoms with Crippen LogP contribution in [0, 0.1) is 0 Å². The van der Waals surface area contributed by atoms with Gasteiger partial charge in [-0.15, -0.1) is 5.10 Å². The van der Waals surface area contributed by atoms with Crippen LogP contribution in [0.2, 0.25) is 0 Å². The molecule has 0 radical (unpaired) electrons. The molecule has 4 rings (SSSR count). The molecule has 0 saturated carbocycles. The van der Waals surface area contributed by atoms with Crippen LogP contribution in [0.5, 0.6) is 0 Å². The summed E-state index contributed by atoms with van der Waals surface area (Å²) in [7, 11) is 0. The Bertz CT molecular complexity index is 1510. The van der Waals surface area contributed by atoms with Gasteiger partial charge in [0.2, 0.25) is 5.91 Å². The lowest BCUT2D eigenvalue weighted by atomic mass is 10.0. The third-order valence-corrected chi connectivity index (χ3v) is 6.49. The molecule has 2 amide bonds. The molecule has 5 N–H and O–H groups in total. The summed E-state index contributed by atoms with van der Waals surface area (Å²) in [5.74, 6) is -0.445. The number of carboxylic acid groups (broad SMARTS) is 1. The number of fused-ring (bicyclic) bond motifs is 1. The van der Waals surface area contributed by atoms with Gasteiger partial charge in [0.05, 0.1) is 10.9 Å². The van der Waals surface area contributed by atoms with Crippen LogP contribution in [0.1, 0.15) is 62.2 Å². The first-order chi connectivity index (χ1) is 18.7. The van der Waals surface area contributed by atoms with Crippen molar-refractivity contribution in [3.8, 4) is 11.1 Å². The lowest BCUT2D eigenvalue weighted by Crippen LogP contribution is -2.19. The number of nitrogens with two attached hydrogens (primary N) is 1. The maximum Gasteiger partial charge on any atom is 0.323 e. The van der Waals surface area contributed by atoms with Crippen LogP contribution in [0.15, 0.2) is 66.7 Å². The Hall–Kier alpha value is -4.66. The molecule has 1 aromatic heterocycles. The van der Waals surface area contributed by atoms with E-state index in [2.05, 4.69) is 29.6 Å². The van der Waals surface area contributed by atoms with E-state index in [0.29, 0.717) is 47.5 Å². The summed E-state index contributed by atoms with van der Waals surface area (Å²) >= 11 is 0. The average molecular weight is 528 g/mol. The number of unbranched alkanes of at least 4 members (excludes halogenated alkanes) is 2. The summed E-state index contributed by atoms with van der Waals surface area (Å²) in [6, 6.07) is 20.3. The van der Waals surface area contributed by atoms with Crippen LogP contribution >= 0.6 is 0 Å². The maximum absolute atomic E-state index is 12.9. The summed E-state index contributed by atoms with van der Waals surface area (Å²) < 4.78 is 1.33. The molecule has 9 heteroatoms. The third-order valence-electron chi connectivity index (χ3n) is 6.49. The fraction of sp³-hybridized carbons (Fsp3) is 0.267. The maximum atomic E-state index is 12.9. The third kappa shape index (κ3) is 6.81. The normalized spacial score (nSPS) is 11.1. The van der Waals surface area contributed by atoms with Crippen LogP contribution in [0.3, 0.4) is 0 Å². The SMILES string of the molecule is CC(C)c1cccc(NC(=O)Nc2cccc(-c3cccc4c3c(N)nn4C(=O)CCCCCC(=O)O)c2)c1. The second-order valence-corrected chi connectivity index (χ2v) is 9.78. The number of aromatic nitrogens is 2. The van der Waals surface area contributed by atoms with E-state index in [4.69, 9.17) is 10.8 Å². The summed E-state index contributed by atoms with van der Waals surface area (Å²) in [4.78, 5) is 36.2. The molecule has 39 heavy (non-hydrogen) atoms. The number of anilines is 3. The first kappa shape index (κ1) is 27.4. The monoisotopic (exact) mass is 527 g/mol.